The Labute approximate surface area is 146 Å². The van der Waals surface area contributed by atoms with E-state index < -0.39 is 0 Å². The third kappa shape index (κ3) is 3.82. The summed E-state index contributed by atoms with van der Waals surface area (Å²) < 4.78 is 0. The highest BCUT2D eigenvalue weighted by Gasteiger charge is 2.39. The van der Waals surface area contributed by atoms with Crippen LogP contribution in [0.3, 0.4) is 0 Å². The standard InChI is InChI=1S/C19H31N5/c1-20-18(22-14-16-7-11-21-17(13-16)23(2)3)24-12-10-19(15-24)8-5-4-6-9-19/h7,11,13H,4-6,8-10,12,14-15H2,1-3H3,(H,20,22). The Hall–Kier alpha value is -1.78. The van der Waals surface area contributed by atoms with Crippen LogP contribution in [-0.4, -0.2) is 50.1 Å². The summed E-state index contributed by atoms with van der Waals surface area (Å²) in [6.07, 6.45) is 10.2. The topological polar surface area (TPSA) is 43.8 Å². The minimum absolute atomic E-state index is 0.560. The van der Waals surface area contributed by atoms with Gasteiger partial charge in [0.05, 0.1) is 0 Å². The zero-order chi connectivity index (χ0) is 17.0. The van der Waals surface area contributed by atoms with E-state index in [1.54, 1.807) is 0 Å². The van der Waals surface area contributed by atoms with Crippen LogP contribution in [0.5, 0.6) is 0 Å². The van der Waals surface area contributed by atoms with E-state index in [-0.39, 0.29) is 0 Å². The van der Waals surface area contributed by atoms with Gasteiger partial charge in [-0.05, 0) is 42.4 Å². The number of aromatic nitrogens is 1. The van der Waals surface area contributed by atoms with Gasteiger partial charge < -0.3 is 15.1 Å². The Bertz CT molecular complexity index is 575. The summed E-state index contributed by atoms with van der Waals surface area (Å²) in [5, 5.41) is 3.55. The van der Waals surface area contributed by atoms with Crippen LogP contribution >= 0.6 is 0 Å². The average Bonchev–Trinajstić information content (AvgIpc) is 2.99. The van der Waals surface area contributed by atoms with E-state index in [0.717, 1.165) is 24.9 Å². The first-order valence-corrected chi connectivity index (χ1v) is 9.20. The van der Waals surface area contributed by atoms with E-state index in [1.165, 1.54) is 50.6 Å². The van der Waals surface area contributed by atoms with Crippen molar-refractivity contribution in [3.63, 3.8) is 0 Å². The molecule has 1 aromatic rings. The van der Waals surface area contributed by atoms with Crippen molar-refractivity contribution >= 4 is 11.8 Å². The van der Waals surface area contributed by atoms with Crippen molar-refractivity contribution in [3.8, 4) is 0 Å². The summed E-state index contributed by atoms with van der Waals surface area (Å²) in [7, 11) is 5.94. The van der Waals surface area contributed by atoms with Crippen molar-refractivity contribution in [2.75, 3.05) is 39.1 Å². The number of guanidine groups is 1. The average molecular weight is 329 g/mol. The highest BCUT2D eigenvalue weighted by molar-refractivity contribution is 5.80. The molecule has 1 aromatic heterocycles. The Morgan fingerprint density at radius 2 is 2.08 bits per heavy atom. The second kappa shape index (κ2) is 7.41. The molecule has 0 atom stereocenters. The van der Waals surface area contributed by atoms with Crippen LogP contribution in [0.25, 0.3) is 0 Å². The predicted molar refractivity (Wildman–Crippen MR) is 100 cm³/mol. The van der Waals surface area contributed by atoms with E-state index in [0.29, 0.717) is 5.41 Å². The predicted octanol–water partition coefficient (Wildman–Crippen LogP) is 2.88. The van der Waals surface area contributed by atoms with Crippen LogP contribution in [0.2, 0.25) is 0 Å². The van der Waals surface area contributed by atoms with Crippen molar-refractivity contribution in [2.45, 2.75) is 45.1 Å². The minimum Gasteiger partial charge on any atom is -0.363 e. The third-order valence-electron chi connectivity index (χ3n) is 5.58. The molecule has 2 fully saturated rings. The molecule has 2 aliphatic rings. The molecular formula is C19H31N5. The van der Waals surface area contributed by atoms with Gasteiger partial charge in [-0.15, -0.1) is 0 Å². The molecular weight excluding hydrogens is 298 g/mol. The highest BCUT2D eigenvalue weighted by Crippen LogP contribution is 2.43. The summed E-state index contributed by atoms with van der Waals surface area (Å²) >= 11 is 0. The first-order chi connectivity index (χ1) is 11.6. The number of hydrogen-bond acceptors (Lipinski definition) is 3. The molecule has 0 radical (unpaired) electrons. The second-order valence-corrected chi connectivity index (χ2v) is 7.55. The Kier molecular flexibility index (Phi) is 5.27. The smallest absolute Gasteiger partial charge is 0.193 e. The molecule has 1 saturated carbocycles. The van der Waals surface area contributed by atoms with Gasteiger partial charge in [-0.3, -0.25) is 4.99 Å². The molecule has 1 aliphatic carbocycles. The largest absolute Gasteiger partial charge is 0.363 e. The van der Waals surface area contributed by atoms with Crippen LogP contribution in [0, 0.1) is 5.41 Å². The van der Waals surface area contributed by atoms with Gasteiger partial charge in [0.25, 0.3) is 0 Å². The van der Waals surface area contributed by atoms with Gasteiger partial charge in [0.1, 0.15) is 5.82 Å². The number of nitrogens with zero attached hydrogens (tertiary/aromatic N) is 4. The van der Waals surface area contributed by atoms with E-state index in [9.17, 15) is 0 Å². The van der Waals surface area contributed by atoms with Crippen molar-refractivity contribution in [1.29, 1.82) is 0 Å². The summed E-state index contributed by atoms with van der Waals surface area (Å²) in [6, 6.07) is 4.20. The lowest BCUT2D eigenvalue weighted by atomic mass is 9.73. The van der Waals surface area contributed by atoms with Crippen molar-refractivity contribution in [1.82, 2.24) is 15.2 Å². The number of rotatable bonds is 3. The Balaban J connectivity index is 1.59. The molecule has 24 heavy (non-hydrogen) atoms. The van der Waals surface area contributed by atoms with Crippen molar-refractivity contribution < 1.29 is 0 Å². The second-order valence-electron chi connectivity index (χ2n) is 7.55. The number of aliphatic imine (C=N–C) groups is 1. The normalized spacial score (nSPS) is 20.5. The molecule has 5 heteroatoms. The maximum absolute atomic E-state index is 4.53. The van der Waals surface area contributed by atoms with Crippen LogP contribution in [0.4, 0.5) is 5.82 Å². The third-order valence-corrected chi connectivity index (χ3v) is 5.58. The molecule has 132 valence electrons. The SMILES string of the molecule is CN=C(NCc1ccnc(N(C)C)c1)N1CCC2(CCCCC2)C1. The number of pyridine rings is 1. The number of nitrogens with one attached hydrogen (secondary N) is 1. The van der Waals surface area contributed by atoms with Gasteiger partial charge >= 0.3 is 0 Å². The first kappa shape index (κ1) is 17.1. The Morgan fingerprint density at radius 1 is 1.29 bits per heavy atom. The van der Waals surface area contributed by atoms with Crippen LogP contribution in [0.15, 0.2) is 23.3 Å². The van der Waals surface area contributed by atoms with Gasteiger partial charge in [0, 0.05) is 47.0 Å². The highest BCUT2D eigenvalue weighted by atomic mass is 15.3. The lowest BCUT2D eigenvalue weighted by Gasteiger charge is -2.33. The van der Waals surface area contributed by atoms with Crippen LogP contribution in [0.1, 0.15) is 44.1 Å². The maximum atomic E-state index is 4.53. The zero-order valence-electron chi connectivity index (χ0n) is 15.4. The van der Waals surface area contributed by atoms with E-state index >= 15 is 0 Å². The van der Waals surface area contributed by atoms with Gasteiger partial charge in [0.2, 0.25) is 0 Å². The van der Waals surface area contributed by atoms with Crippen molar-refractivity contribution in [2.24, 2.45) is 10.4 Å². The number of likely N-dealkylation sites (tertiary alicyclic amines) is 1. The summed E-state index contributed by atoms with van der Waals surface area (Å²) in [5.74, 6) is 2.03. The summed E-state index contributed by atoms with van der Waals surface area (Å²) in [4.78, 5) is 13.4. The molecule has 0 aromatic carbocycles. The monoisotopic (exact) mass is 329 g/mol. The van der Waals surface area contributed by atoms with E-state index in [1.807, 2.05) is 32.2 Å². The zero-order valence-corrected chi connectivity index (χ0v) is 15.4. The van der Waals surface area contributed by atoms with E-state index in [4.69, 9.17) is 0 Å². The number of anilines is 1. The van der Waals surface area contributed by atoms with Crippen LogP contribution < -0.4 is 10.2 Å². The fraction of sp³-hybridized carbons (Fsp3) is 0.684. The van der Waals surface area contributed by atoms with Crippen LogP contribution in [-0.2, 0) is 6.54 Å². The van der Waals surface area contributed by atoms with Gasteiger partial charge in [-0.2, -0.15) is 0 Å². The molecule has 1 spiro atoms. The lowest BCUT2D eigenvalue weighted by molar-refractivity contribution is 0.203. The van der Waals surface area contributed by atoms with Gasteiger partial charge in [0.15, 0.2) is 5.96 Å². The first-order valence-electron chi connectivity index (χ1n) is 9.20. The summed E-state index contributed by atoms with van der Waals surface area (Å²) in [5.41, 5.74) is 1.80. The molecule has 2 heterocycles. The molecule has 0 unspecified atom stereocenters. The van der Waals surface area contributed by atoms with Gasteiger partial charge in [-0.1, -0.05) is 19.3 Å². The number of hydrogen-bond donors (Lipinski definition) is 1. The Morgan fingerprint density at radius 3 is 2.79 bits per heavy atom. The quantitative estimate of drug-likeness (QED) is 0.684. The summed E-state index contributed by atoms with van der Waals surface area (Å²) in [6.45, 7) is 3.10. The van der Waals surface area contributed by atoms with Crippen molar-refractivity contribution in [3.05, 3.63) is 23.9 Å². The molecule has 1 saturated heterocycles. The molecule has 1 aliphatic heterocycles. The van der Waals surface area contributed by atoms with E-state index in [2.05, 4.69) is 32.3 Å². The molecule has 5 nitrogen and oxygen atoms in total. The molecule has 0 bridgehead atoms. The fourth-order valence-corrected chi connectivity index (χ4v) is 4.15. The minimum atomic E-state index is 0.560. The molecule has 1 N–H and O–H groups in total. The lowest BCUT2D eigenvalue weighted by Crippen LogP contribution is -2.41. The van der Waals surface area contributed by atoms with Gasteiger partial charge in [-0.25, -0.2) is 4.98 Å². The fourth-order valence-electron chi connectivity index (χ4n) is 4.15. The maximum Gasteiger partial charge on any atom is 0.193 e. The molecule has 0 amide bonds. The molecule has 3 rings (SSSR count).